The first-order valence-electron chi connectivity index (χ1n) is 9.67. The highest BCUT2D eigenvalue weighted by Crippen LogP contribution is 2.37. The Morgan fingerprint density at radius 1 is 1.40 bits per heavy atom. The Morgan fingerprint density at radius 3 is 2.77 bits per heavy atom. The van der Waals surface area contributed by atoms with Crippen LogP contribution in [0.5, 0.6) is 0 Å². The molecule has 1 aromatic rings. The molecule has 0 saturated heterocycles. The molecule has 2 rings (SSSR count). The highest BCUT2D eigenvalue weighted by molar-refractivity contribution is 8.01. The number of hydrogen-bond donors (Lipinski definition) is 3. The van der Waals surface area contributed by atoms with Gasteiger partial charge in [0.25, 0.3) is 0 Å². The predicted molar refractivity (Wildman–Crippen MR) is 111 cm³/mol. The fourth-order valence-corrected chi connectivity index (χ4v) is 5.41. The average molecular weight is 466 g/mol. The van der Waals surface area contributed by atoms with Gasteiger partial charge in [-0.2, -0.15) is 8.78 Å². The molecular formula is C20H26F3NO4S2. The minimum absolute atomic E-state index is 0.0286. The van der Waals surface area contributed by atoms with E-state index in [2.05, 4.69) is 4.98 Å². The summed E-state index contributed by atoms with van der Waals surface area (Å²) in [6, 6.07) is 0. The first-order valence-corrected chi connectivity index (χ1v) is 11.5. The van der Waals surface area contributed by atoms with Gasteiger partial charge in [0.1, 0.15) is 0 Å². The van der Waals surface area contributed by atoms with Gasteiger partial charge in [-0.15, -0.1) is 11.3 Å². The van der Waals surface area contributed by atoms with Crippen LogP contribution in [0, 0.1) is 11.8 Å². The van der Waals surface area contributed by atoms with Crippen LogP contribution in [0.15, 0.2) is 33.8 Å². The summed E-state index contributed by atoms with van der Waals surface area (Å²) in [5.74, 6) is -1.69. The van der Waals surface area contributed by atoms with Gasteiger partial charge in [0.05, 0.1) is 11.7 Å². The molecule has 168 valence electrons. The Kier molecular flexibility index (Phi) is 9.39. The Bertz CT molecular complexity index is 778. The van der Waals surface area contributed by atoms with Crippen molar-refractivity contribution in [1.29, 1.82) is 0 Å². The van der Waals surface area contributed by atoms with Crippen molar-refractivity contribution >= 4 is 29.1 Å². The number of nitrogens with zero attached hydrogens (tertiary/aromatic N) is 1. The second-order valence-corrected chi connectivity index (χ2v) is 9.91. The second-order valence-electron chi connectivity index (χ2n) is 7.71. The van der Waals surface area contributed by atoms with Crippen LogP contribution in [0.4, 0.5) is 13.2 Å². The van der Waals surface area contributed by atoms with Crippen molar-refractivity contribution in [1.82, 2.24) is 4.98 Å². The smallest absolute Gasteiger partial charge is 0.355 e. The van der Waals surface area contributed by atoms with Crippen LogP contribution < -0.4 is 0 Å². The number of halogens is 3. The number of thiazole rings is 1. The number of aliphatic hydroxyl groups excluding tert-OH is 1. The Labute approximate surface area is 181 Å². The van der Waals surface area contributed by atoms with Gasteiger partial charge in [-0.05, 0) is 50.9 Å². The largest absolute Gasteiger partial charge is 0.476 e. The molecule has 0 aliphatic heterocycles. The SMILES string of the molecule is C[C@@](O)(C/C=C/[C@H]1CC[C@H](O)[C@@H]1CCSc1nc(C(=O)O)cs1)CCC(F)=C(F)F. The van der Waals surface area contributed by atoms with E-state index in [4.69, 9.17) is 5.11 Å². The topological polar surface area (TPSA) is 90.7 Å². The lowest BCUT2D eigenvalue weighted by atomic mass is 9.90. The van der Waals surface area contributed by atoms with Crippen LogP contribution in [0.3, 0.4) is 0 Å². The van der Waals surface area contributed by atoms with E-state index in [1.165, 1.54) is 35.4 Å². The quantitative estimate of drug-likeness (QED) is 0.305. The van der Waals surface area contributed by atoms with Crippen molar-refractivity contribution in [3.05, 3.63) is 35.1 Å². The number of thioether (sulfide) groups is 1. The van der Waals surface area contributed by atoms with E-state index in [1.807, 2.05) is 6.08 Å². The molecule has 3 N–H and O–H groups in total. The maximum atomic E-state index is 12.9. The lowest BCUT2D eigenvalue weighted by molar-refractivity contribution is 0.0521. The third-order valence-corrected chi connectivity index (χ3v) is 7.30. The van der Waals surface area contributed by atoms with E-state index in [-0.39, 0.29) is 30.4 Å². The predicted octanol–water partition coefficient (Wildman–Crippen LogP) is 5.27. The van der Waals surface area contributed by atoms with Crippen molar-refractivity contribution in [2.45, 2.75) is 61.5 Å². The van der Waals surface area contributed by atoms with Crippen molar-refractivity contribution in [3.8, 4) is 0 Å². The van der Waals surface area contributed by atoms with Gasteiger partial charge in [-0.1, -0.05) is 23.9 Å². The van der Waals surface area contributed by atoms with Crippen LogP contribution >= 0.6 is 23.1 Å². The van der Waals surface area contributed by atoms with Crippen molar-refractivity contribution < 1.29 is 33.3 Å². The molecule has 0 radical (unpaired) electrons. The monoisotopic (exact) mass is 465 g/mol. The van der Waals surface area contributed by atoms with Gasteiger partial charge in [0.2, 0.25) is 0 Å². The molecule has 0 unspecified atom stereocenters. The summed E-state index contributed by atoms with van der Waals surface area (Å²) in [5, 5.41) is 31.0. The molecule has 4 atom stereocenters. The normalized spacial score (nSPS) is 23.6. The molecule has 1 aromatic heterocycles. The van der Waals surface area contributed by atoms with E-state index in [1.54, 1.807) is 6.08 Å². The summed E-state index contributed by atoms with van der Waals surface area (Å²) in [4.78, 5) is 14.9. The molecule has 1 aliphatic rings. The summed E-state index contributed by atoms with van der Waals surface area (Å²) in [6.07, 6.45) is 2.73. The standard InChI is InChI=1S/C20H26F3NO4S2/c1-20(28,9-6-14(21)17(22)23)8-2-3-12-4-5-16(25)13(12)7-10-29-19-24-15(11-30-19)18(26)27/h2-3,11-13,16,25,28H,4-10H2,1H3,(H,26,27)/b3-2+/t12-,13+,16-,20+/m0/s1. The zero-order chi connectivity index (χ0) is 22.3. The number of carboxylic acids is 1. The lowest BCUT2D eigenvalue weighted by Crippen LogP contribution is -2.23. The van der Waals surface area contributed by atoms with Crippen molar-refractivity contribution in [2.75, 3.05) is 5.75 Å². The van der Waals surface area contributed by atoms with Crippen molar-refractivity contribution in [3.63, 3.8) is 0 Å². The molecule has 1 saturated carbocycles. The maximum absolute atomic E-state index is 12.9. The summed E-state index contributed by atoms with van der Waals surface area (Å²) in [5.41, 5.74) is -1.26. The fraction of sp³-hybridized carbons (Fsp3) is 0.600. The number of carboxylic acid groups (broad SMARTS) is 1. The van der Waals surface area contributed by atoms with Crippen molar-refractivity contribution in [2.24, 2.45) is 11.8 Å². The minimum Gasteiger partial charge on any atom is -0.476 e. The number of carbonyl (C=O) groups is 1. The third-order valence-electron chi connectivity index (χ3n) is 5.25. The third kappa shape index (κ3) is 7.72. The summed E-state index contributed by atoms with van der Waals surface area (Å²) < 4.78 is 37.9. The van der Waals surface area contributed by atoms with Crippen LogP contribution in [-0.2, 0) is 0 Å². The first-order chi connectivity index (χ1) is 14.1. The lowest BCUT2D eigenvalue weighted by Gasteiger charge is -2.22. The number of aromatic carboxylic acids is 1. The zero-order valence-electron chi connectivity index (χ0n) is 16.6. The van der Waals surface area contributed by atoms with Gasteiger partial charge in [-0.25, -0.2) is 14.2 Å². The highest BCUT2D eigenvalue weighted by atomic mass is 32.2. The van der Waals surface area contributed by atoms with Crippen LogP contribution in [0.25, 0.3) is 0 Å². The van der Waals surface area contributed by atoms with E-state index in [0.29, 0.717) is 16.5 Å². The van der Waals surface area contributed by atoms with E-state index >= 15 is 0 Å². The fourth-order valence-electron chi connectivity index (χ4n) is 3.50. The van der Waals surface area contributed by atoms with E-state index < -0.39 is 36.0 Å². The minimum atomic E-state index is -2.35. The molecule has 1 heterocycles. The molecule has 1 fully saturated rings. The molecule has 0 amide bonds. The van der Waals surface area contributed by atoms with Gasteiger partial charge in [-0.3, -0.25) is 0 Å². The number of aromatic nitrogens is 1. The second kappa shape index (κ2) is 11.3. The van der Waals surface area contributed by atoms with Gasteiger partial charge in [0.15, 0.2) is 15.9 Å². The molecule has 1 aliphatic carbocycles. The Morgan fingerprint density at radius 2 is 2.13 bits per heavy atom. The molecule has 0 bridgehead atoms. The summed E-state index contributed by atoms with van der Waals surface area (Å²) in [7, 11) is 0. The average Bonchev–Trinajstić information content (AvgIpc) is 3.28. The molecule has 0 aromatic carbocycles. The Balaban J connectivity index is 1.82. The van der Waals surface area contributed by atoms with Gasteiger partial charge in [0, 0.05) is 17.6 Å². The number of aliphatic hydroxyl groups is 2. The molecule has 5 nitrogen and oxygen atoms in total. The maximum Gasteiger partial charge on any atom is 0.355 e. The number of hydrogen-bond acceptors (Lipinski definition) is 6. The Hall–Kier alpha value is -1.36. The van der Waals surface area contributed by atoms with Gasteiger partial charge < -0.3 is 15.3 Å². The molecule has 10 heteroatoms. The summed E-state index contributed by atoms with van der Waals surface area (Å²) in [6.45, 7) is 1.48. The van der Waals surface area contributed by atoms with E-state index in [9.17, 15) is 28.2 Å². The molecular weight excluding hydrogens is 439 g/mol. The molecule has 0 spiro atoms. The number of rotatable bonds is 11. The molecule has 30 heavy (non-hydrogen) atoms. The van der Waals surface area contributed by atoms with Crippen LogP contribution in [0.2, 0.25) is 0 Å². The highest BCUT2D eigenvalue weighted by Gasteiger charge is 2.33. The van der Waals surface area contributed by atoms with E-state index in [0.717, 1.165) is 12.8 Å². The number of allylic oxidation sites excluding steroid dienone is 2. The first kappa shape index (κ1) is 24.9. The van der Waals surface area contributed by atoms with Crippen LogP contribution in [-0.4, -0.2) is 43.7 Å². The zero-order valence-corrected chi connectivity index (χ0v) is 18.2. The summed E-state index contributed by atoms with van der Waals surface area (Å²) >= 11 is 2.73. The van der Waals surface area contributed by atoms with Crippen LogP contribution in [0.1, 0.15) is 55.9 Å². The van der Waals surface area contributed by atoms with Gasteiger partial charge >= 0.3 is 12.0 Å².